The summed E-state index contributed by atoms with van der Waals surface area (Å²) in [5.74, 6) is 1.55. The number of ether oxygens (including phenoxy) is 2. The average molecular weight is 230 g/mol. The molecule has 1 aliphatic rings. The zero-order chi connectivity index (χ0) is 12.0. The van der Waals surface area contributed by atoms with Crippen LogP contribution in [0.15, 0.2) is 18.3 Å². The molecular formula is C13H14N2O2. The van der Waals surface area contributed by atoms with E-state index < -0.39 is 0 Å². The molecule has 0 amide bonds. The zero-order valence-corrected chi connectivity index (χ0v) is 10.2. The lowest BCUT2D eigenvalue weighted by molar-refractivity contribution is 0.355. The van der Waals surface area contributed by atoms with Crippen LogP contribution in [0.2, 0.25) is 0 Å². The van der Waals surface area contributed by atoms with E-state index >= 15 is 0 Å². The Labute approximate surface area is 99.8 Å². The normalized spacial score (nSPS) is 12.2. The lowest BCUT2D eigenvalue weighted by atomic mass is 10.1. The van der Waals surface area contributed by atoms with Crippen molar-refractivity contribution < 1.29 is 9.47 Å². The molecule has 1 aromatic carbocycles. The molecule has 0 radical (unpaired) electrons. The van der Waals surface area contributed by atoms with Gasteiger partial charge in [-0.05, 0) is 17.7 Å². The maximum Gasteiger partial charge on any atom is 0.161 e. The van der Waals surface area contributed by atoms with Gasteiger partial charge in [-0.25, -0.2) is 0 Å². The molecule has 3 rings (SSSR count). The van der Waals surface area contributed by atoms with Gasteiger partial charge in [-0.1, -0.05) is 0 Å². The molecule has 1 aromatic heterocycles. The molecule has 1 heterocycles. The van der Waals surface area contributed by atoms with E-state index in [4.69, 9.17) is 9.47 Å². The summed E-state index contributed by atoms with van der Waals surface area (Å²) >= 11 is 0. The highest BCUT2D eigenvalue weighted by molar-refractivity contribution is 5.76. The number of aryl methyl sites for hydroxylation is 1. The minimum absolute atomic E-state index is 0.764. The standard InChI is InChI=1S/C13H14N2O2/c1-15-13-9(7-14-15)4-8-5-11(16-2)12(17-3)6-10(8)13/h5-7H,4H2,1-3H3. The molecule has 0 saturated heterocycles. The van der Waals surface area contributed by atoms with E-state index in [0.29, 0.717) is 0 Å². The first-order valence-electron chi connectivity index (χ1n) is 5.50. The van der Waals surface area contributed by atoms with Gasteiger partial charge < -0.3 is 9.47 Å². The van der Waals surface area contributed by atoms with Crippen LogP contribution in [0.1, 0.15) is 11.1 Å². The largest absolute Gasteiger partial charge is 0.493 e. The maximum atomic E-state index is 5.34. The van der Waals surface area contributed by atoms with Gasteiger partial charge in [-0.2, -0.15) is 5.10 Å². The SMILES string of the molecule is COc1cc2c(cc1OC)-c1c(cnn1C)C2. The Bertz CT molecular complexity index is 587. The molecular weight excluding hydrogens is 216 g/mol. The lowest BCUT2D eigenvalue weighted by Crippen LogP contribution is -1.96. The molecule has 4 heteroatoms. The number of methoxy groups -OCH3 is 2. The van der Waals surface area contributed by atoms with Crippen molar-refractivity contribution in [2.24, 2.45) is 7.05 Å². The van der Waals surface area contributed by atoms with Crippen molar-refractivity contribution in [1.29, 1.82) is 0 Å². The summed E-state index contributed by atoms with van der Waals surface area (Å²) in [5.41, 5.74) is 4.90. The maximum absolute atomic E-state index is 5.34. The van der Waals surface area contributed by atoms with Gasteiger partial charge in [0.1, 0.15) is 0 Å². The van der Waals surface area contributed by atoms with Gasteiger partial charge in [0.15, 0.2) is 11.5 Å². The Hall–Kier alpha value is -1.97. The fourth-order valence-corrected chi connectivity index (χ4v) is 2.45. The molecule has 0 fully saturated rings. The van der Waals surface area contributed by atoms with E-state index in [1.807, 2.05) is 30.1 Å². The summed E-state index contributed by atoms with van der Waals surface area (Å²) < 4.78 is 12.6. The number of aromatic nitrogens is 2. The van der Waals surface area contributed by atoms with Gasteiger partial charge in [-0.15, -0.1) is 0 Å². The first-order valence-corrected chi connectivity index (χ1v) is 5.50. The highest BCUT2D eigenvalue weighted by Gasteiger charge is 2.24. The smallest absolute Gasteiger partial charge is 0.161 e. The van der Waals surface area contributed by atoms with Gasteiger partial charge in [-0.3, -0.25) is 4.68 Å². The summed E-state index contributed by atoms with van der Waals surface area (Å²) in [6.45, 7) is 0. The molecule has 17 heavy (non-hydrogen) atoms. The van der Waals surface area contributed by atoms with Crippen LogP contribution in [0.3, 0.4) is 0 Å². The summed E-state index contributed by atoms with van der Waals surface area (Å²) in [6, 6.07) is 4.08. The van der Waals surface area contributed by atoms with Gasteiger partial charge in [0.2, 0.25) is 0 Å². The first-order chi connectivity index (χ1) is 8.24. The van der Waals surface area contributed by atoms with Gasteiger partial charge in [0.05, 0.1) is 26.1 Å². The van der Waals surface area contributed by atoms with E-state index in [2.05, 4.69) is 5.10 Å². The predicted molar refractivity (Wildman–Crippen MR) is 64.6 cm³/mol. The van der Waals surface area contributed by atoms with Crippen molar-refractivity contribution in [1.82, 2.24) is 9.78 Å². The Morgan fingerprint density at radius 2 is 1.82 bits per heavy atom. The Balaban J connectivity index is 2.22. The summed E-state index contributed by atoms with van der Waals surface area (Å²) in [7, 11) is 5.28. The van der Waals surface area contributed by atoms with Crippen LogP contribution in [0.4, 0.5) is 0 Å². The zero-order valence-electron chi connectivity index (χ0n) is 10.2. The second kappa shape index (κ2) is 3.52. The average Bonchev–Trinajstić information content (AvgIpc) is 2.87. The quantitative estimate of drug-likeness (QED) is 0.675. The van der Waals surface area contributed by atoms with Crippen molar-refractivity contribution in [3.8, 4) is 22.8 Å². The molecule has 0 N–H and O–H groups in total. The molecule has 0 aliphatic heterocycles. The van der Waals surface area contributed by atoms with E-state index in [1.165, 1.54) is 22.4 Å². The number of benzene rings is 1. The predicted octanol–water partition coefficient (Wildman–Crippen LogP) is 2.01. The lowest BCUT2D eigenvalue weighted by Gasteiger charge is -2.10. The Morgan fingerprint density at radius 3 is 2.53 bits per heavy atom. The minimum atomic E-state index is 0.764. The number of fused-ring (bicyclic) bond motifs is 3. The molecule has 0 bridgehead atoms. The van der Waals surface area contributed by atoms with Crippen LogP contribution in [0.5, 0.6) is 11.5 Å². The van der Waals surface area contributed by atoms with E-state index in [9.17, 15) is 0 Å². The first kappa shape index (κ1) is 10.2. The minimum Gasteiger partial charge on any atom is -0.493 e. The molecule has 4 nitrogen and oxygen atoms in total. The van der Waals surface area contributed by atoms with Crippen molar-refractivity contribution in [3.63, 3.8) is 0 Å². The van der Waals surface area contributed by atoms with Crippen LogP contribution < -0.4 is 9.47 Å². The highest BCUT2D eigenvalue weighted by atomic mass is 16.5. The molecule has 0 spiro atoms. The van der Waals surface area contributed by atoms with Crippen molar-refractivity contribution >= 4 is 0 Å². The molecule has 1 aliphatic carbocycles. The Kier molecular flexibility index (Phi) is 2.11. The molecule has 88 valence electrons. The number of hydrogen-bond acceptors (Lipinski definition) is 3. The third kappa shape index (κ3) is 1.33. The Morgan fingerprint density at radius 1 is 1.12 bits per heavy atom. The van der Waals surface area contributed by atoms with Crippen molar-refractivity contribution in [2.45, 2.75) is 6.42 Å². The van der Waals surface area contributed by atoms with E-state index in [0.717, 1.165) is 17.9 Å². The third-order valence-electron chi connectivity index (χ3n) is 3.26. The second-order valence-electron chi connectivity index (χ2n) is 4.18. The fraction of sp³-hybridized carbons (Fsp3) is 0.308. The van der Waals surface area contributed by atoms with Crippen LogP contribution >= 0.6 is 0 Å². The van der Waals surface area contributed by atoms with Crippen LogP contribution in [0.25, 0.3) is 11.3 Å². The number of hydrogen-bond donors (Lipinski definition) is 0. The van der Waals surface area contributed by atoms with Crippen LogP contribution in [-0.4, -0.2) is 24.0 Å². The summed E-state index contributed by atoms with van der Waals surface area (Å²) in [5, 5.41) is 4.28. The fourth-order valence-electron chi connectivity index (χ4n) is 2.45. The van der Waals surface area contributed by atoms with Crippen LogP contribution in [-0.2, 0) is 13.5 Å². The van der Waals surface area contributed by atoms with E-state index in [1.54, 1.807) is 14.2 Å². The second-order valence-corrected chi connectivity index (χ2v) is 4.18. The van der Waals surface area contributed by atoms with Gasteiger partial charge in [0.25, 0.3) is 0 Å². The summed E-state index contributed by atoms with van der Waals surface area (Å²) in [6.07, 6.45) is 2.84. The number of nitrogens with zero attached hydrogens (tertiary/aromatic N) is 2. The van der Waals surface area contributed by atoms with Crippen molar-refractivity contribution in [2.75, 3.05) is 14.2 Å². The highest BCUT2D eigenvalue weighted by Crippen LogP contribution is 2.42. The van der Waals surface area contributed by atoms with E-state index in [-0.39, 0.29) is 0 Å². The van der Waals surface area contributed by atoms with Crippen LogP contribution in [0, 0.1) is 0 Å². The van der Waals surface area contributed by atoms with Gasteiger partial charge in [0, 0.05) is 24.6 Å². The third-order valence-corrected chi connectivity index (χ3v) is 3.26. The van der Waals surface area contributed by atoms with Gasteiger partial charge >= 0.3 is 0 Å². The molecule has 0 unspecified atom stereocenters. The van der Waals surface area contributed by atoms with Crippen molar-refractivity contribution in [3.05, 3.63) is 29.5 Å². The summed E-state index contributed by atoms with van der Waals surface area (Å²) in [4.78, 5) is 0. The number of rotatable bonds is 2. The molecule has 0 atom stereocenters. The monoisotopic (exact) mass is 230 g/mol. The topological polar surface area (TPSA) is 36.3 Å². The molecule has 0 saturated carbocycles. The molecule has 2 aromatic rings.